The fourth-order valence-electron chi connectivity index (χ4n) is 4.56. The van der Waals surface area contributed by atoms with E-state index in [1.54, 1.807) is 13.1 Å². The Hall–Kier alpha value is -4.04. The molecule has 0 aliphatic carbocycles. The van der Waals surface area contributed by atoms with Gasteiger partial charge in [0.1, 0.15) is 30.0 Å². The van der Waals surface area contributed by atoms with Gasteiger partial charge >= 0.3 is 6.03 Å². The van der Waals surface area contributed by atoms with Crippen molar-refractivity contribution in [3.63, 3.8) is 0 Å². The number of aldehydes is 1. The van der Waals surface area contributed by atoms with Crippen LogP contribution in [0.2, 0.25) is 0 Å². The predicted octanol–water partition coefficient (Wildman–Crippen LogP) is 2.35. The lowest BCUT2D eigenvalue weighted by Gasteiger charge is -2.29. The highest BCUT2D eigenvalue weighted by Crippen LogP contribution is 2.30. The number of rotatable bonds is 7. The number of fused-ring (bicyclic) bond motifs is 1. The van der Waals surface area contributed by atoms with Gasteiger partial charge in [-0.25, -0.2) is 14.8 Å². The number of anilines is 3. The van der Waals surface area contributed by atoms with Crippen molar-refractivity contribution in [1.29, 1.82) is 5.26 Å². The van der Waals surface area contributed by atoms with E-state index >= 15 is 0 Å². The van der Waals surface area contributed by atoms with Gasteiger partial charge in [0.25, 0.3) is 0 Å². The maximum Gasteiger partial charge on any atom is 0.328 e. The molecule has 0 bridgehead atoms. The highest BCUT2D eigenvalue weighted by Gasteiger charge is 2.27. The van der Waals surface area contributed by atoms with E-state index in [2.05, 4.69) is 26.3 Å². The monoisotopic (exact) mass is 491 g/mol. The van der Waals surface area contributed by atoms with Crippen molar-refractivity contribution in [2.45, 2.75) is 32.2 Å². The summed E-state index contributed by atoms with van der Waals surface area (Å²) in [7, 11) is 3.08. The van der Waals surface area contributed by atoms with Crippen LogP contribution in [0.25, 0.3) is 0 Å². The molecule has 1 saturated heterocycles. The third-order valence-electron chi connectivity index (χ3n) is 6.42. The molecule has 2 aromatic heterocycles. The number of carbonyl (C=O) groups excluding carboxylic acids is 3. The largest absolute Gasteiger partial charge is 0.375 e. The van der Waals surface area contributed by atoms with Crippen LogP contribution in [0.4, 0.5) is 22.1 Å². The number of methoxy groups -OCH3 is 1. The van der Waals surface area contributed by atoms with Crippen molar-refractivity contribution in [2.75, 3.05) is 55.5 Å². The van der Waals surface area contributed by atoms with Crippen molar-refractivity contribution < 1.29 is 19.1 Å². The van der Waals surface area contributed by atoms with Crippen molar-refractivity contribution in [1.82, 2.24) is 14.9 Å². The fourth-order valence-corrected chi connectivity index (χ4v) is 4.56. The third-order valence-corrected chi connectivity index (χ3v) is 6.42. The number of nitrogens with zero attached hydrogens (tertiary/aromatic N) is 6. The summed E-state index contributed by atoms with van der Waals surface area (Å²) in [6.07, 6.45) is 5.65. The lowest BCUT2D eigenvalue weighted by atomic mass is 10.0. The minimum atomic E-state index is -0.412. The fraction of sp³-hybridized carbons (Fsp3) is 0.440. The molecule has 0 spiro atoms. The first-order valence-corrected chi connectivity index (χ1v) is 11.9. The van der Waals surface area contributed by atoms with Crippen LogP contribution in [0.5, 0.6) is 0 Å². The molecule has 2 aliphatic heterocycles. The summed E-state index contributed by atoms with van der Waals surface area (Å²) in [6, 6.07) is 5.33. The second kappa shape index (κ2) is 11.1. The van der Waals surface area contributed by atoms with Crippen molar-refractivity contribution in [2.24, 2.45) is 0 Å². The van der Waals surface area contributed by atoms with Crippen LogP contribution in [0.3, 0.4) is 0 Å². The summed E-state index contributed by atoms with van der Waals surface area (Å²) in [5.41, 5.74) is 2.85. The molecule has 0 radical (unpaired) electrons. The molecule has 11 nitrogen and oxygen atoms in total. The first-order chi connectivity index (χ1) is 17.4. The van der Waals surface area contributed by atoms with Crippen LogP contribution in [0.1, 0.15) is 46.4 Å². The standard InChI is InChI=1S/C25H29N7O4/c1-30(23(34)16-36-2)14-18-10-17-6-5-9-32(24(17)28-20(18)15-33)25(35)29-22-11-21(19(12-26)13-27-22)31-7-3-4-8-31/h10-11,13,15H,3-9,14,16H2,1-2H3,(H,27,29,35). The number of urea groups is 1. The van der Waals surface area contributed by atoms with Gasteiger partial charge in [0.2, 0.25) is 5.91 Å². The molecular formula is C25H29N7O4. The zero-order valence-corrected chi connectivity index (χ0v) is 20.5. The number of amides is 3. The van der Waals surface area contributed by atoms with Crippen LogP contribution in [-0.2, 0) is 22.5 Å². The smallest absolute Gasteiger partial charge is 0.328 e. The van der Waals surface area contributed by atoms with E-state index in [-0.39, 0.29) is 24.8 Å². The lowest BCUT2D eigenvalue weighted by molar-refractivity contribution is -0.134. The number of ether oxygens (including phenoxy) is 1. The summed E-state index contributed by atoms with van der Waals surface area (Å²) in [5.74, 6) is 0.554. The van der Waals surface area contributed by atoms with Gasteiger partial charge in [-0.05, 0) is 37.3 Å². The predicted molar refractivity (Wildman–Crippen MR) is 133 cm³/mol. The van der Waals surface area contributed by atoms with E-state index in [0.29, 0.717) is 42.0 Å². The molecule has 3 amide bonds. The van der Waals surface area contributed by atoms with Crippen LogP contribution >= 0.6 is 0 Å². The molecule has 2 aromatic rings. The number of hydrogen-bond acceptors (Lipinski definition) is 8. The number of nitriles is 1. The molecule has 11 heteroatoms. The topological polar surface area (TPSA) is 132 Å². The van der Waals surface area contributed by atoms with E-state index in [1.165, 1.54) is 23.1 Å². The molecule has 4 heterocycles. The van der Waals surface area contributed by atoms with Gasteiger partial charge in [-0.2, -0.15) is 5.26 Å². The number of likely N-dealkylation sites (N-methyl/N-ethyl adjacent to an activating group) is 1. The zero-order valence-electron chi connectivity index (χ0n) is 20.5. The number of pyridine rings is 2. The van der Waals surface area contributed by atoms with Crippen molar-refractivity contribution in [3.8, 4) is 6.07 Å². The number of nitrogens with one attached hydrogen (secondary N) is 1. The Morgan fingerprint density at radius 1 is 1.25 bits per heavy atom. The maximum absolute atomic E-state index is 13.2. The lowest BCUT2D eigenvalue weighted by Crippen LogP contribution is -2.40. The number of aryl methyl sites for hydroxylation is 1. The Morgan fingerprint density at radius 3 is 2.72 bits per heavy atom. The van der Waals surface area contributed by atoms with Crippen LogP contribution < -0.4 is 15.1 Å². The Labute approximate surface area is 209 Å². The van der Waals surface area contributed by atoms with E-state index in [4.69, 9.17) is 4.74 Å². The maximum atomic E-state index is 13.2. The first kappa shape index (κ1) is 25.1. The SMILES string of the molecule is COCC(=O)N(C)Cc1cc2c(nc1C=O)N(C(=O)Nc1cc(N3CCCC3)c(C#N)cn1)CCC2. The Morgan fingerprint density at radius 2 is 2.03 bits per heavy atom. The highest BCUT2D eigenvalue weighted by molar-refractivity contribution is 6.02. The first-order valence-electron chi connectivity index (χ1n) is 11.9. The average molecular weight is 492 g/mol. The number of carbonyl (C=O) groups is 3. The van der Waals surface area contributed by atoms with Gasteiger partial charge in [-0.1, -0.05) is 0 Å². The second-order valence-corrected chi connectivity index (χ2v) is 8.89. The minimum absolute atomic E-state index is 0.0535. The summed E-state index contributed by atoms with van der Waals surface area (Å²) in [5, 5.41) is 12.3. The molecule has 0 unspecified atom stereocenters. The normalized spacial score (nSPS) is 14.7. The molecule has 0 saturated carbocycles. The molecule has 0 atom stereocenters. The van der Waals surface area contributed by atoms with Gasteiger partial charge in [0.15, 0.2) is 6.29 Å². The Bertz CT molecular complexity index is 1200. The van der Waals surface area contributed by atoms with Gasteiger partial charge in [-0.3, -0.25) is 19.8 Å². The summed E-state index contributed by atoms with van der Waals surface area (Å²) in [6.45, 7) is 2.31. The summed E-state index contributed by atoms with van der Waals surface area (Å²) >= 11 is 0. The van der Waals surface area contributed by atoms with Gasteiger partial charge in [-0.15, -0.1) is 0 Å². The van der Waals surface area contributed by atoms with Gasteiger partial charge in [0.05, 0.1) is 11.3 Å². The van der Waals surface area contributed by atoms with Crippen molar-refractivity contribution in [3.05, 3.63) is 40.7 Å². The van der Waals surface area contributed by atoms with Crippen molar-refractivity contribution >= 4 is 35.5 Å². The molecular weight excluding hydrogens is 462 g/mol. The zero-order chi connectivity index (χ0) is 25.7. The van der Waals surface area contributed by atoms with E-state index in [9.17, 15) is 19.6 Å². The molecule has 36 heavy (non-hydrogen) atoms. The Balaban J connectivity index is 1.56. The molecule has 1 N–H and O–H groups in total. The van der Waals surface area contributed by atoms with Gasteiger partial charge in [0, 0.05) is 58.2 Å². The number of aromatic nitrogens is 2. The van der Waals surface area contributed by atoms with Crippen LogP contribution in [0, 0.1) is 11.3 Å². The summed E-state index contributed by atoms with van der Waals surface area (Å²) in [4.78, 5) is 51.0. The molecule has 188 valence electrons. The van der Waals surface area contributed by atoms with Gasteiger partial charge < -0.3 is 14.5 Å². The minimum Gasteiger partial charge on any atom is -0.375 e. The highest BCUT2D eigenvalue weighted by atomic mass is 16.5. The van der Waals surface area contributed by atoms with Crippen LogP contribution in [0.15, 0.2) is 18.3 Å². The molecule has 2 aliphatic rings. The third kappa shape index (κ3) is 5.28. The van der Waals surface area contributed by atoms with E-state index in [1.807, 2.05) is 6.07 Å². The average Bonchev–Trinajstić information content (AvgIpc) is 3.43. The van der Waals surface area contributed by atoms with E-state index < -0.39 is 6.03 Å². The molecule has 0 aromatic carbocycles. The molecule has 1 fully saturated rings. The van der Waals surface area contributed by atoms with E-state index in [0.717, 1.165) is 43.6 Å². The quantitative estimate of drug-likeness (QED) is 0.584. The Kier molecular flexibility index (Phi) is 7.75. The number of hydrogen-bond donors (Lipinski definition) is 1. The molecule has 4 rings (SSSR count). The summed E-state index contributed by atoms with van der Waals surface area (Å²) < 4.78 is 4.90. The van der Waals surface area contributed by atoms with Crippen LogP contribution in [-0.4, -0.2) is 73.5 Å². The second-order valence-electron chi connectivity index (χ2n) is 8.89.